The fourth-order valence-electron chi connectivity index (χ4n) is 4.03. The zero-order valence-electron chi connectivity index (χ0n) is 19.6. The van der Waals surface area contributed by atoms with E-state index in [9.17, 15) is 4.79 Å². The molecule has 4 rings (SSSR count). The maximum atomic E-state index is 12.3. The largest absolute Gasteiger partial charge is 0.402 e. The Balaban J connectivity index is 1.37. The normalized spacial score (nSPS) is 14.4. The van der Waals surface area contributed by atoms with Crippen LogP contribution in [0.1, 0.15) is 62.1 Å². The van der Waals surface area contributed by atoms with Crippen molar-refractivity contribution in [1.82, 2.24) is 0 Å². The fourth-order valence-corrected chi connectivity index (χ4v) is 4.15. The first-order chi connectivity index (χ1) is 16.6. The number of aliphatic imine (C=N–C) groups is 1. The molecule has 0 N–H and O–H groups in total. The molecule has 1 heterocycles. The maximum Gasteiger partial charge on any atom is 0.363 e. The fraction of sp³-hybridized carbons (Fsp3) is 0.267. The van der Waals surface area contributed by atoms with E-state index in [0.29, 0.717) is 10.9 Å². The third-order valence-corrected chi connectivity index (χ3v) is 6.28. The summed E-state index contributed by atoms with van der Waals surface area (Å²) in [5, 5.41) is 0.646. The number of rotatable bonds is 10. The van der Waals surface area contributed by atoms with Crippen LogP contribution in [0, 0.1) is 0 Å². The first-order valence-electron chi connectivity index (χ1n) is 12.1. The van der Waals surface area contributed by atoms with Crippen molar-refractivity contribution in [3.05, 3.63) is 100 Å². The van der Waals surface area contributed by atoms with E-state index < -0.39 is 5.97 Å². The minimum absolute atomic E-state index is 0.280. The van der Waals surface area contributed by atoms with Gasteiger partial charge in [0, 0.05) is 10.6 Å². The van der Waals surface area contributed by atoms with Gasteiger partial charge in [-0.25, -0.2) is 9.79 Å². The number of ether oxygens (including phenoxy) is 1. The molecule has 0 spiro atoms. The molecule has 0 fully saturated rings. The van der Waals surface area contributed by atoms with Crippen molar-refractivity contribution in [2.75, 3.05) is 0 Å². The van der Waals surface area contributed by atoms with Crippen LogP contribution in [0.25, 0.3) is 17.2 Å². The van der Waals surface area contributed by atoms with Gasteiger partial charge in [-0.1, -0.05) is 99.2 Å². The summed E-state index contributed by atoms with van der Waals surface area (Å²) in [6, 6.07) is 24.0. The Morgan fingerprint density at radius 3 is 2.03 bits per heavy atom. The summed E-state index contributed by atoms with van der Waals surface area (Å²) in [7, 11) is 0. The van der Waals surface area contributed by atoms with Gasteiger partial charge in [-0.15, -0.1) is 0 Å². The molecule has 1 aliphatic rings. The van der Waals surface area contributed by atoms with E-state index >= 15 is 0 Å². The van der Waals surface area contributed by atoms with E-state index in [0.717, 1.165) is 23.1 Å². The van der Waals surface area contributed by atoms with Gasteiger partial charge in [0.1, 0.15) is 0 Å². The Hall–Kier alpha value is -3.17. The van der Waals surface area contributed by atoms with Crippen LogP contribution in [0.4, 0.5) is 0 Å². The van der Waals surface area contributed by atoms with E-state index in [1.807, 2.05) is 36.4 Å². The van der Waals surface area contributed by atoms with E-state index in [-0.39, 0.29) is 5.70 Å². The SMILES string of the molecule is CCCCCCCCc1ccc(-c2ccc(C3=NC(=Cc4ccc(Cl)cc4)C(=O)O3)cc2)cc1. The molecule has 0 aliphatic carbocycles. The molecule has 0 aromatic heterocycles. The molecule has 3 aromatic rings. The standard InChI is InChI=1S/C30H30ClNO2/c1-2-3-4-5-6-7-8-22-9-13-24(14-10-22)25-15-17-26(18-16-25)29-32-28(30(33)34-29)21-23-11-19-27(31)20-12-23/h9-21H,2-8H2,1H3. The van der Waals surface area contributed by atoms with Gasteiger partial charge in [0.05, 0.1) is 0 Å². The Bertz CT molecular complexity index is 1160. The van der Waals surface area contributed by atoms with Crippen molar-refractivity contribution in [3.8, 4) is 11.1 Å². The quantitative estimate of drug-likeness (QED) is 0.169. The van der Waals surface area contributed by atoms with Crippen LogP contribution >= 0.6 is 11.6 Å². The van der Waals surface area contributed by atoms with Gasteiger partial charge in [0.2, 0.25) is 5.90 Å². The lowest BCUT2D eigenvalue weighted by atomic mass is 10.00. The summed E-state index contributed by atoms with van der Waals surface area (Å²) in [5.74, 6) is -0.124. The molecule has 0 amide bonds. The minimum Gasteiger partial charge on any atom is -0.402 e. The average molecular weight is 472 g/mol. The average Bonchev–Trinajstić information content (AvgIpc) is 3.23. The van der Waals surface area contributed by atoms with Crippen molar-refractivity contribution in [1.29, 1.82) is 0 Å². The third-order valence-electron chi connectivity index (χ3n) is 6.03. The smallest absolute Gasteiger partial charge is 0.363 e. The summed E-state index contributed by atoms with van der Waals surface area (Å²) < 4.78 is 5.40. The number of carbonyl (C=O) groups excluding carboxylic acids is 1. The Morgan fingerprint density at radius 2 is 1.35 bits per heavy atom. The Morgan fingerprint density at radius 1 is 0.765 bits per heavy atom. The zero-order valence-corrected chi connectivity index (χ0v) is 20.4. The number of halogens is 1. The van der Waals surface area contributed by atoms with Gasteiger partial charge in [0.25, 0.3) is 0 Å². The van der Waals surface area contributed by atoms with Crippen molar-refractivity contribution < 1.29 is 9.53 Å². The lowest BCUT2D eigenvalue weighted by molar-refractivity contribution is -0.129. The molecule has 4 heteroatoms. The van der Waals surface area contributed by atoms with Crippen molar-refractivity contribution in [2.24, 2.45) is 4.99 Å². The van der Waals surface area contributed by atoms with Gasteiger partial charge in [-0.3, -0.25) is 0 Å². The van der Waals surface area contributed by atoms with Crippen LogP contribution in [0.5, 0.6) is 0 Å². The van der Waals surface area contributed by atoms with Crippen LogP contribution < -0.4 is 0 Å². The second-order valence-corrected chi connectivity index (χ2v) is 9.12. The van der Waals surface area contributed by atoms with E-state index in [1.54, 1.807) is 18.2 Å². The predicted molar refractivity (Wildman–Crippen MR) is 141 cm³/mol. The molecule has 0 radical (unpaired) electrons. The summed E-state index contributed by atoms with van der Waals surface area (Å²) in [6.07, 6.45) is 10.8. The van der Waals surface area contributed by atoms with Gasteiger partial charge in [0.15, 0.2) is 5.70 Å². The molecule has 0 saturated heterocycles. The maximum absolute atomic E-state index is 12.3. The lowest BCUT2D eigenvalue weighted by Gasteiger charge is -2.06. The minimum atomic E-state index is -0.449. The van der Waals surface area contributed by atoms with E-state index in [2.05, 4.69) is 36.2 Å². The number of hydrogen-bond acceptors (Lipinski definition) is 3. The molecule has 174 valence electrons. The topological polar surface area (TPSA) is 38.7 Å². The van der Waals surface area contributed by atoms with Crippen LogP contribution in [0.15, 0.2) is 83.5 Å². The molecular weight excluding hydrogens is 442 g/mol. The summed E-state index contributed by atoms with van der Waals surface area (Å²) in [4.78, 5) is 16.7. The first-order valence-corrected chi connectivity index (χ1v) is 12.5. The van der Waals surface area contributed by atoms with E-state index in [4.69, 9.17) is 16.3 Å². The monoisotopic (exact) mass is 471 g/mol. The van der Waals surface area contributed by atoms with Crippen LogP contribution in [-0.2, 0) is 16.0 Å². The number of aryl methyl sites for hydroxylation is 1. The summed E-state index contributed by atoms with van der Waals surface area (Å²) >= 11 is 5.92. The molecule has 3 aromatic carbocycles. The highest BCUT2D eigenvalue weighted by atomic mass is 35.5. The Kier molecular flexibility index (Phi) is 8.32. The first kappa shape index (κ1) is 24.0. The molecule has 0 bridgehead atoms. The highest BCUT2D eigenvalue weighted by molar-refractivity contribution is 6.30. The molecule has 34 heavy (non-hydrogen) atoms. The highest BCUT2D eigenvalue weighted by Crippen LogP contribution is 2.24. The van der Waals surface area contributed by atoms with Crippen LogP contribution in [0.2, 0.25) is 5.02 Å². The van der Waals surface area contributed by atoms with Crippen molar-refractivity contribution in [2.45, 2.75) is 51.9 Å². The van der Waals surface area contributed by atoms with Gasteiger partial charge < -0.3 is 4.74 Å². The lowest BCUT2D eigenvalue weighted by Crippen LogP contribution is -2.05. The number of unbranched alkanes of at least 4 members (excludes halogenated alkanes) is 5. The number of cyclic esters (lactones) is 1. The molecule has 0 saturated carbocycles. The van der Waals surface area contributed by atoms with Crippen molar-refractivity contribution >= 4 is 29.5 Å². The second-order valence-electron chi connectivity index (χ2n) is 8.68. The third kappa shape index (κ3) is 6.45. The van der Waals surface area contributed by atoms with Crippen LogP contribution in [0.3, 0.4) is 0 Å². The van der Waals surface area contributed by atoms with Gasteiger partial charge >= 0.3 is 5.97 Å². The summed E-state index contributed by atoms with van der Waals surface area (Å²) in [5.41, 5.74) is 5.59. The number of nitrogens with zero attached hydrogens (tertiary/aromatic N) is 1. The highest BCUT2D eigenvalue weighted by Gasteiger charge is 2.24. The van der Waals surface area contributed by atoms with Gasteiger partial charge in [-0.2, -0.15) is 0 Å². The molecule has 3 nitrogen and oxygen atoms in total. The number of benzene rings is 3. The van der Waals surface area contributed by atoms with E-state index in [1.165, 1.54) is 49.7 Å². The molecule has 1 aliphatic heterocycles. The number of carbonyl (C=O) groups is 1. The zero-order chi connectivity index (χ0) is 23.8. The number of hydrogen-bond donors (Lipinski definition) is 0. The molecule has 0 unspecified atom stereocenters. The van der Waals surface area contributed by atoms with Crippen LogP contribution in [-0.4, -0.2) is 11.9 Å². The predicted octanol–water partition coefficient (Wildman–Crippen LogP) is 8.25. The summed E-state index contributed by atoms with van der Waals surface area (Å²) in [6.45, 7) is 2.25. The molecular formula is C30H30ClNO2. The number of esters is 1. The Labute approximate surface area is 207 Å². The van der Waals surface area contributed by atoms with Gasteiger partial charge in [-0.05, 0) is 65.4 Å². The van der Waals surface area contributed by atoms with Crippen molar-refractivity contribution in [3.63, 3.8) is 0 Å². The molecule has 0 atom stereocenters. The second kappa shape index (κ2) is 11.8.